The van der Waals surface area contributed by atoms with Gasteiger partial charge in [-0.1, -0.05) is 135 Å². The second kappa shape index (κ2) is 11.5. The molecule has 6 aromatic rings. The van der Waals surface area contributed by atoms with Crippen LogP contribution in [0.3, 0.4) is 0 Å². The molecule has 0 unspecified atom stereocenters. The van der Waals surface area contributed by atoms with Gasteiger partial charge in [-0.25, -0.2) is 0 Å². The first kappa shape index (κ1) is 25.4. The molecule has 0 heterocycles. The average Bonchev–Trinajstić information content (AvgIpc) is 3.03. The van der Waals surface area contributed by atoms with E-state index >= 15 is 0 Å². The molecule has 1 heteroatoms. The van der Waals surface area contributed by atoms with Crippen LogP contribution in [0.2, 0.25) is 0 Å². The summed E-state index contributed by atoms with van der Waals surface area (Å²) in [7, 11) is 0. The molecule has 0 aliphatic carbocycles. The van der Waals surface area contributed by atoms with Gasteiger partial charge in [0.2, 0.25) is 0 Å². The van der Waals surface area contributed by atoms with Gasteiger partial charge in [-0.15, -0.1) is 0 Å². The zero-order chi connectivity index (χ0) is 27.3. The largest absolute Gasteiger partial charge is 0.310 e. The Hall–Kier alpha value is -4.88. The first-order valence-electron chi connectivity index (χ1n) is 14.0. The topological polar surface area (TPSA) is 3.24 Å². The SMILES string of the molecule is CC(C)c1ccc(-c2cccc(N(c3ccc(-c4ccccc4)cc3)c3ccc(-c4ccccc4)cc3)c2)cc1. The van der Waals surface area contributed by atoms with Crippen molar-refractivity contribution in [2.45, 2.75) is 19.8 Å². The molecule has 0 fully saturated rings. The minimum Gasteiger partial charge on any atom is -0.310 e. The molecule has 1 nitrogen and oxygen atoms in total. The van der Waals surface area contributed by atoms with Crippen molar-refractivity contribution in [3.8, 4) is 33.4 Å². The second-order valence-electron chi connectivity index (χ2n) is 10.5. The van der Waals surface area contributed by atoms with Gasteiger partial charge < -0.3 is 4.90 Å². The monoisotopic (exact) mass is 515 g/mol. The molecule has 0 N–H and O–H groups in total. The molecule has 6 rings (SSSR count). The summed E-state index contributed by atoms with van der Waals surface area (Å²) in [5, 5.41) is 0. The van der Waals surface area contributed by atoms with Crippen molar-refractivity contribution in [3.63, 3.8) is 0 Å². The first-order chi connectivity index (χ1) is 19.7. The molecule has 194 valence electrons. The zero-order valence-electron chi connectivity index (χ0n) is 23.0. The van der Waals surface area contributed by atoms with E-state index < -0.39 is 0 Å². The Labute approximate surface area is 238 Å². The lowest BCUT2D eigenvalue weighted by atomic mass is 9.98. The lowest BCUT2D eigenvalue weighted by molar-refractivity contribution is 0.867. The molecule has 0 saturated heterocycles. The lowest BCUT2D eigenvalue weighted by Crippen LogP contribution is -2.10. The quantitative estimate of drug-likeness (QED) is 0.204. The molecule has 0 spiro atoms. The molecule has 0 atom stereocenters. The Morgan fingerprint density at radius 2 is 0.750 bits per heavy atom. The van der Waals surface area contributed by atoms with Crippen LogP contribution in [0.1, 0.15) is 25.3 Å². The van der Waals surface area contributed by atoms with Gasteiger partial charge in [0.1, 0.15) is 0 Å². The van der Waals surface area contributed by atoms with Crippen molar-refractivity contribution < 1.29 is 0 Å². The van der Waals surface area contributed by atoms with E-state index in [9.17, 15) is 0 Å². The number of hydrogen-bond acceptors (Lipinski definition) is 1. The summed E-state index contributed by atoms with van der Waals surface area (Å²) >= 11 is 0. The highest BCUT2D eigenvalue weighted by Crippen LogP contribution is 2.38. The molecule has 0 aromatic heterocycles. The van der Waals surface area contributed by atoms with Crippen LogP contribution >= 0.6 is 0 Å². The van der Waals surface area contributed by atoms with Crippen molar-refractivity contribution in [3.05, 3.63) is 163 Å². The lowest BCUT2D eigenvalue weighted by Gasteiger charge is -2.26. The van der Waals surface area contributed by atoms with Crippen LogP contribution in [0.4, 0.5) is 17.1 Å². The van der Waals surface area contributed by atoms with Crippen LogP contribution in [0.15, 0.2) is 158 Å². The van der Waals surface area contributed by atoms with E-state index in [0.29, 0.717) is 5.92 Å². The maximum Gasteiger partial charge on any atom is 0.0467 e. The van der Waals surface area contributed by atoms with Gasteiger partial charge in [0.25, 0.3) is 0 Å². The number of anilines is 3. The van der Waals surface area contributed by atoms with E-state index in [2.05, 4.69) is 176 Å². The van der Waals surface area contributed by atoms with Crippen molar-refractivity contribution in [1.82, 2.24) is 0 Å². The highest BCUT2D eigenvalue weighted by atomic mass is 15.1. The first-order valence-corrected chi connectivity index (χ1v) is 14.0. The minimum atomic E-state index is 0.522. The van der Waals surface area contributed by atoms with E-state index in [0.717, 1.165) is 17.1 Å². The molecular formula is C39H33N. The Balaban J connectivity index is 1.40. The normalized spacial score (nSPS) is 11.0. The molecule has 0 radical (unpaired) electrons. The highest BCUT2D eigenvalue weighted by molar-refractivity contribution is 5.82. The summed E-state index contributed by atoms with van der Waals surface area (Å²) in [5.74, 6) is 0.522. The van der Waals surface area contributed by atoms with Gasteiger partial charge in [-0.05, 0) is 81.3 Å². The van der Waals surface area contributed by atoms with E-state index in [4.69, 9.17) is 0 Å². The Morgan fingerprint density at radius 3 is 1.23 bits per heavy atom. The van der Waals surface area contributed by atoms with Gasteiger partial charge in [0, 0.05) is 17.1 Å². The van der Waals surface area contributed by atoms with Gasteiger partial charge in [0.15, 0.2) is 0 Å². The molecule has 0 bridgehead atoms. The van der Waals surface area contributed by atoms with Gasteiger partial charge in [-0.2, -0.15) is 0 Å². The van der Waals surface area contributed by atoms with Gasteiger partial charge in [-0.3, -0.25) is 0 Å². The van der Waals surface area contributed by atoms with Crippen molar-refractivity contribution in [1.29, 1.82) is 0 Å². The molecule has 0 aliphatic rings. The van der Waals surface area contributed by atoms with Crippen LogP contribution in [0, 0.1) is 0 Å². The van der Waals surface area contributed by atoms with Gasteiger partial charge in [0.05, 0.1) is 0 Å². The Bertz CT molecular complexity index is 1580. The molecule has 0 saturated carbocycles. The number of nitrogens with zero attached hydrogens (tertiary/aromatic N) is 1. The fourth-order valence-electron chi connectivity index (χ4n) is 5.20. The predicted molar refractivity (Wildman–Crippen MR) is 172 cm³/mol. The fraction of sp³-hybridized carbons (Fsp3) is 0.0769. The van der Waals surface area contributed by atoms with E-state index in [1.54, 1.807) is 0 Å². The van der Waals surface area contributed by atoms with Crippen LogP contribution in [0.25, 0.3) is 33.4 Å². The highest BCUT2D eigenvalue weighted by Gasteiger charge is 2.14. The molecule has 40 heavy (non-hydrogen) atoms. The van der Waals surface area contributed by atoms with Crippen LogP contribution < -0.4 is 4.90 Å². The van der Waals surface area contributed by atoms with E-state index in [1.165, 1.54) is 38.9 Å². The van der Waals surface area contributed by atoms with Crippen molar-refractivity contribution in [2.75, 3.05) is 4.90 Å². The van der Waals surface area contributed by atoms with Crippen LogP contribution in [0.5, 0.6) is 0 Å². The summed E-state index contributed by atoms with van der Waals surface area (Å²) in [4.78, 5) is 2.34. The Morgan fingerprint density at radius 1 is 0.350 bits per heavy atom. The third-order valence-corrected chi connectivity index (χ3v) is 7.48. The maximum absolute atomic E-state index is 2.34. The minimum absolute atomic E-state index is 0.522. The summed E-state index contributed by atoms with van der Waals surface area (Å²) in [6.07, 6.45) is 0. The van der Waals surface area contributed by atoms with Crippen molar-refractivity contribution >= 4 is 17.1 Å². The van der Waals surface area contributed by atoms with E-state index in [1.807, 2.05) is 0 Å². The smallest absolute Gasteiger partial charge is 0.0467 e. The van der Waals surface area contributed by atoms with Crippen LogP contribution in [-0.2, 0) is 0 Å². The fourth-order valence-corrected chi connectivity index (χ4v) is 5.20. The molecule has 6 aromatic carbocycles. The number of rotatable bonds is 7. The third-order valence-electron chi connectivity index (χ3n) is 7.48. The third kappa shape index (κ3) is 5.46. The van der Waals surface area contributed by atoms with Gasteiger partial charge >= 0.3 is 0 Å². The summed E-state index contributed by atoms with van der Waals surface area (Å²) in [6.45, 7) is 4.47. The zero-order valence-corrected chi connectivity index (χ0v) is 23.0. The van der Waals surface area contributed by atoms with E-state index in [-0.39, 0.29) is 0 Å². The Kier molecular flexibility index (Phi) is 7.28. The standard InChI is InChI=1S/C39H33N/c1-29(2)30-16-18-35(19-17-30)36-14-9-15-39(28-36)40(37-24-20-33(21-25-37)31-10-5-3-6-11-31)38-26-22-34(23-27-38)32-12-7-4-8-13-32/h3-29H,1-2H3. The summed E-state index contributed by atoms with van der Waals surface area (Å²) in [6, 6.07) is 56.6. The predicted octanol–water partition coefficient (Wildman–Crippen LogP) is 11.3. The summed E-state index contributed by atoms with van der Waals surface area (Å²) < 4.78 is 0. The molecular weight excluding hydrogens is 482 g/mol. The average molecular weight is 516 g/mol. The summed E-state index contributed by atoms with van der Waals surface area (Å²) in [5.41, 5.74) is 12.0. The number of benzene rings is 6. The molecule has 0 aliphatic heterocycles. The van der Waals surface area contributed by atoms with Crippen molar-refractivity contribution in [2.24, 2.45) is 0 Å². The maximum atomic E-state index is 2.34. The van der Waals surface area contributed by atoms with Crippen LogP contribution in [-0.4, -0.2) is 0 Å². The molecule has 0 amide bonds. The second-order valence-corrected chi connectivity index (χ2v) is 10.5. The number of hydrogen-bond donors (Lipinski definition) is 0.